The van der Waals surface area contributed by atoms with Crippen LogP contribution in [0.5, 0.6) is 5.75 Å². The first-order chi connectivity index (χ1) is 12.2. The van der Waals surface area contributed by atoms with Crippen molar-refractivity contribution in [2.45, 2.75) is 31.8 Å². The molecule has 0 spiro atoms. The van der Waals surface area contributed by atoms with Crippen molar-refractivity contribution in [1.82, 2.24) is 5.32 Å². The van der Waals surface area contributed by atoms with Crippen molar-refractivity contribution in [3.63, 3.8) is 0 Å². The number of ether oxygens (including phenoxy) is 1. The normalized spacial score (nSPS) is 17.4. The Morgan fingerprint density at radius 3 is 2.50 bits per heavy atom. The Balaban J connectivity index is 0.00000196. The zero-order valence-corrected chi connectivity index (χ0v) is 15.2. The number of nitrogens with zero attached hydrogens (tertiary/aromatic N) is 1. The van der Waals surface area contributed by atoms with Crippen LogP contribution in [0.4, 0.5) is 15.8 Å². The van der Waals surface area contributed by atoms with E-state index in [0.717, 1.165) is 42.9 Å². The Kier molecular flexibility index (Phi) is 5.79. The van der Waals surface area contributed by atoms with Gasteiger partial charge >= 0.3 is 0 Å². The van der Waals surface area contributed by atoms with Crippen LogP contribution in [0.1, 0.15) is 24.8 Å². The van der Waals surface area contributed by atoms with Crippen molar-refractivity contribution in [3.8, 4) is 5.75 Å². The summed E-state index contributed by atoms with van der Waals surface area (Å²) >= 11 is 0. The molecule has 0 bridgehead atoms. The lowest BCUT2D eigenvalue weighted by molar-refractivity contribution is -0.118. The number of carbonyl (C=O) groups is 1. The van der Waals surface area contributed by atoms with Crippen LogP contribution in [0.2, 0.25) is 0 Å². The second-order valence-corrected chi connectivity index (χ2v) is 6.56. The van der Waals surface area contributed by atoms with Gasteiger partial charge in [-0.05, 0) is 80.4 Å². The number of amides is 1. The number of aryl methyl sites for hydroxylation is 1. The summed E-state index contributed by atoms with van der Waals surface area (Å²) in [4.78, 5) is 14.1. The third-order valence-electron chi connectivity index (χ3n) is 4.82. The highest BCUT2D eigenvalue weighted by molar-refractivity contribution is 6.03. The number of halogens is 2. The molecule has 0 aromatic heterocycles. The van der Waals surface area contributed by atoms with Crippen molar-refractivity contribution >= 4 is 29.7 Å². The largest absolute Gasteiger partial charge is 0.490 e. The van der Waals surface area contributed by atoms with Gasteiger partial charge in [-0.25, -0.2) is 4.39 Å². The maximum Gasteiger partial charge on any atom is 0.231 e. The number of anilines is 2. The van der Waals surface area contributed by atoms with E-state index in [4.69, 9.17) is 4.74 Å². The van der Waals surface area contributed by atoms with Crippen LogP contribution in [0.15, 0.2) is 42.5 Å². The quantitative estimate of drug-likeness (QED) is 0.880. The molecule has 0 aliphatic carbocycles. The van der Waals surface area contributed by atoms with E-state index in [1.54, 1.807) is 17.0 Å². The zero-order chi connectivity index (χ0) is 17.2. The number of rotatable bonds is 3. The van der Waals surface area contributed by atoms with Gasteiger partial charge in [0.2, 0.25) is 5.91 Å². The van der Waals surface area contributed by atoms with Crippen molar-refractivity contribution in [2.24, 2.45) is 0 Å². The fourth-order valence-corrected chi connectivity index (χ4v) is 3.52. The standard InChI is InChI=1S/C20H21FN2O2.ClH/c21-15-2-4-16(5-3-15)23-19-7-6-18(13-14(19)1-8-20(23)24)25-17-9-11-22-12-10-17;/h2-7,13,17,22H,1,8-12H2;1H. The fourth-order valence-electron chi connectivity index (χ4n) is 3.52. The minimum atomic E-state index is -0.306. The van der Waals surface area contributed by atoms with Crippen LogP contribution in [0.25, 0.3) is 0 Å². The molecule has 4 rings (SSSR count). The van der Waals surface area contributed by atoms with Gasteiger partial charge in [0.1, 0.15) is 17.7 Å². The van der Waals surface area contributed by atoms with Crippen molar-refractivity contribution in [2.75, 3.05) is 18.0 Å². The minimum absolute atomic E-state index is 0. The van der Waals surface area contributed by atoms with E-state index < -0.39 is 0 Å². The Morgan fingerprint density at radius 2 is 1.77 bits per heavy atom. The molecule has 4 nitrogen and oxygen atoms in total. The summed E-state index contributed by atoms with van der Waals surface area (Å²) in [5, 5.41) is 3.33. The maximum absolute atomic E-state index is 13.2. The van der Waals surface area contributed by atoms with Gasteiger partial charge in [0.15, 0.2) is 0 Å². The highest BCUT2D eigenvalue weighted by atomic mass is 35.5. The lowest BCUT2D eigenvalue weighted by atomic mass is 10.00. The average molecular weight is 377 g/mol. The second-order valence-electron chi connectivity index (χ2n) is 6.56. The highest BCUT2D eigenvalue weighted by Gasteiger charge is 2.26. The molecule has 2 aliphatic heterocycles. The predicted octanol–water partition coefficient (Wildman–Crippen LogP) is 3.99. The molecule has 0 radical (unpaired) electrons. The smallest absolute Gasteiger partial charge is 0.231 e. The molecular formula is C20H22ClFN2O2. The molecule has 2 aliphatic rings. The summed E-state index contributed by atoms with van der Waals surface area (Å²) in [6.45, 7) is 1.98. The van der Waals surface area contributed by atoms with E-state index in [1.807, 2.05) is 18.2 Å². The van der Waals surface area contributed by atoms with Crippen LogP contribution in [0, 0.1) is 5.82 Å². The summed E-state index contributed by atoms with van der Waals surface area (Å²) in [6, 6.07) is 11.9. The molecule has 1 fully saturated rings. The van der Waals surface area contributed by atoms with Crippen molar-refractivity contribution in [1.29, 1.82) is 0 Å². The first-order valence-corrected chi connectivity index (χ1v) is 8.79. The Labute approximate surface area is 158 Å². The summed E-state index contributed by atoms with van der Waals surface area (Å²) in [5.74, 6) is 0.587. The average Bonchev–Trinajstić information content (AvgIpc) is 2.64. The minimum Gasteiger partial charge on any atom is -0.490 e. The van der Waals surface area contributed by atoms with Gasteiger partial charge in [-0.1, -0.05) is 0 Å². The summed E-state index contributed by atoms with van der Waals surface area (Å²) < 4.78 is 19.3. The number of fused-ring (bicyclic) bond motifs is 1. The van der Waals surface area contributed by atoms with Gasteiger partial charge in [0.25, 0.3) is 0 Å². The van der Waals surface area contributed by atoms with E-state index >= 15 is 0 Å². The molecule has 1 amide bonds. The number of nitrogens with one attached hydrogen (secondary N) is 1. The molecule has 2 aromatic carbocycles. The van der Waals surface area contributed by atoms with Crippen LogP contribution < -0.4 is 15.0 Å². The number of carbonyl (C=O) groups excluding carboxylic acids is 1. The molecule has 2 aromatic rings. The lowest BCUT2D eigenvalue weighted by Gasteiger charge is -2.30. The van der Waals surface area contributed by atoms with Crippen molar-refractivity contribution < 1.29 is 13.9 Å². The monoisotopic (exact) mass is 376 g/mol. The molecule has 0 unspecified atom stereocenters. The summed E-state index contributed by atoms with van der Waals surface area (Å²) in [6.07, 6.45) is 3.42. The summed E-state index contributed by atoms with van der Waals surface area (Å²) in [7, 11) is 0. The van der Waals surface area contributed by atoms with E-state index in [9.17, 15) is 9.18 Å². The molecule has 6 heteroatoms. The Bertz CT molecular complexity index is 776. The molecule has 0 atom stereocenters. The first-order valence-electron chi connectivity index (χ1n) is 8.79. The van der Waals surface area contributed by atoms with Crippen LogP contribution in [-0.2, 0) is 11.2 Å². The second kappa shape index (κ2) is 8.06. The maximum atomic E-state index is 13.2. The van der Waals surface area contributed by atoms with Gasteiger partial charge in [0, 0.05) is 12.1 Å². The van der Waals surface area contributed by atoms with E-state index in [1.165, 1.54) is 12.1 Å². The molecule has 26 heavy (non-hydrogen) atoms. The van der Waals surface area contributed by atoms with Gasteiger partial charge in [-0.3, -0.25) is 9.69 Å². The van der Waals surface area contributed by atoms with E-state index in [-0.39, 0.29) is 30.2 Å². The molecule has 0 saturated carbocycles. The van der Waals surface area contributed by atoms with Crippen LogP contribution in [0.3, 0.4) is 0 Å². The molecule has 1 N–H and O–H groups in total. The Hall–Kier alpha value is -2.11. The third kappa shape index (κ3) is 3.84. The van der Waals surface area contributed by atoms with E-state index in [0.29, 0.717) is 18.5 Å². The van der Waals surface area contributed by atoms with Gasteiger partial charge in [-0.2, -0.15) is 0 Å². The SMILES string of the molecule is Cl.O=C1CCc2cc(OC3CCNCC3)ccc2N1c1ccc(F)cc1. The van der Waals surface area contributed by atoms with Gasteiger partial charge in [-0.15, -0.1) is 12.4 Å². The zero-order valence-electron chi connectivity index (χ0n) is 14.4. The summed E-state index contributed by atoms with van der Waals surface area (Å²) in [5.41, 5.74) is 2.65. The topological polar surface area (TPSA) is 41.6 Å². The molecular weight excluding hydrogens is 355 g/mol. The van der Waals surface area contributed by atoms with Gasteiger partial charge < -0.3 is 10.1 Å². The number of benzene rings is 2. The Morgan fingerprint density at radius 1 is 1.04 bits per heavy atom. The highest BCUT2D eigenvalue weighted by Crippen LogP contribution is 2.36. The molecule has 138 valence electrons. The molecule has 2 heterocycles. The predicted molar refractivity (Wildman–Crippen MR) is 102 cm³/mol. The fraction of sp³-hybridized carbons (Fsp3) is 0.350. The van der Waals surface area contributed by atoms with Crippen LogP contribution >= 0.6 is 12.4 Å². The third-order valence-corrected chi connectivity index (χ3v) is 4.82. The van der Waals surface area contributed by atoms with Crippen molar-refractivity contribution in [3.05, 3.63) is 53.8 Å². The number of hydrogen-bond acceptors (Lipinski definition) is 3. The number of piperidine rings is 1. The van der Waals surface area contributed by atoms with Crippen LogP contribution in [-0.4, -0.2) is 25.1 Å². The first kappa shape index (κ1) is 18.7. The van der Waals surface area contributed by atoms with Gasteiger partial charge in [0.05, 0.1) is 5.69 Å². The molecule has 1 saturated heterocycles. The lowest BCUT2D eigenvalue weighted by Crippen LogP contribution is -2.34. The number of hydrogen-bond donors (Lipinski definition) is 1. The van der Waals surface area contributed by atoms with E-state index in [2.05, 4.69) is 5.32 Å².